The molecule has 1 aliphatic heterocycles. The minimum atomic E-state index is -0.392. The summed E-state index contributed by atoms with van der Waals surface area (Å²) in [6, 6.07) is 4.04. The number of hydrogen-bond donors (Lipinski definition) is 2. The Bertz CT molecular complexity index is 862. The predicted octanol–water partition coefficient (Wildman–Crippen LogP) is 1.56. The van der Waals surface area contributed by atoms with E-state index in [9.17, 15) is 4.79 Å². The zero-order valence-corrected chi connectivity index (χ0v) is 13.3. The van der Waals surface area contributed by atoms with Crippen molar-refractivity contribution in [2.24, 2.45) is 5.73 Å². The molecule has 0 aromatic carbocycles. The van der Waals surface area contributed by atoms with Gasteiger partial charge in [-0.25, -0.2) is 9.97 Å². The molecule has 1 atom stereocenters. The quantitative estimate of drug-likeness (QED) is 0.761. The van der Waals surface area contributed by atoms with Gasteiger partial charge in [-0.05, 0) is 30.7 Å². The van der Waals surface area contributed by atoms with Gasteiger partial charge in [0.05, 0.1) is 10.7 Å². The summed E-state index contributed by atoms with van der Waals surface area (Å²) in [6.45, 7) is 1.92. The number of rotatable bonds is 4. The normalized spacial score (nSPS) is 17.8. The van der Waals surface area contributed by atoms with Crippen molar-refractivity contribution in [2.45, 2.75) is 18.8 Å². The topological polar surface area (TPSA) is 85.3 Å². The van der Waals surface area contributed by atoms with Crippen LogP contribution < -0.4 is 11.1 Å². The number of nitrogens with zero attached hydrogens (tertiary/aromatic N) is 3. The van der Waals surface area contributed by atoms with E-state index < -0.39 is 5.91 Å². The van der Waals surface area contributed by atoms with Crippen molar-refractivity contribution >= 4 is 22.9 Å². The molecule has 3 aromatic heterocycles. The predicted molar refractivity (Wildman–Crippen MR) is 88.9 cm³/mol. The van der Waals surface area contributed by atoms with Crippen LogP contribution in [0.1, 0.15) is 38.3 Å². The largest absolute Gasteiger partial charge is 0.365 e. The average molecular weight is 327 g/mol. The van der Waals surface area contributed by atoms with E-state index in [1.54, 1.807) is 6.20 Å². The van der Waals surface area contributed by atoms with Gasteiger partial charge in [0.2, 0.25) is 0 Å². The second-order valence-electron chi connectivity index (χ2n) is 5.79. The third-order valence-electron chi connectivity index (χ3n) is 4.18. The summed E-state index contributed by atoms with van der Waals surface area (Å²) in [5, 5.41) is 4.35. The summed E-state index contributed by atoms with van der Waals surface area (Å²) >= 11 is 1.44. The van der Waals surface area contributed by atoms with E-state index in [2.05, 4.69) is 10.3 Å². The number of nitrogens with one attached hydrogen (secondary N) is 1. The summed E-state index contributed by atoms with van der Waals surface area (Å²) in [7, 11) is 0. The third kappa shape index (κ3) is 2.73. The molecule has 0 aliphatic carbocycles. The van der Waals surface area contributed by atoms with Crippen LogP contribution in [-0.4, -0.2) is 33.4 Å². The Labute approximate surface area is 137 Å². The van der Waals surface area contributed by atoms with Gasteiger partial charge in [-0.3, -0.25) is 4.79 Å². The molecule has 1 fully saturated rings. The highest BCUT2D eigenvalue weighted by Crippen LogP contribution is 2.30. The fraction of sp³-hybridized carbons (Fsp3) is 0.312. The lowest BCUT2D eigenvalue weighted by atomic mass is 10.1. The minimum absolute atomic E-state index is 0.390. The summed E-state index contributed by atoms with van der Waals surface area (Å²) < 4.78 is 1.95. The molecule has 6 nitrogen and oxygen atoms in total. The average Bonchev–Trinajstić information content (AvgIpc) is 3.27. The SMILES string of the molecule is NC(=O)c1sc(C2CCNC2)nc1Cc1ccn2ccnc2c1. The molecule has 3 aromatic rings. The van der Waals surface area contributed by atoms with E-state index in [0.717, 1.165) is 41.4 Å². The molecule has 23 heavy (non-hydrogen) atoms. The van der Waals surface area contributed by atoms with Crippen molar-refractivity contribution in [1.29, 1.82) is 0 Å². The van der Waals surface area contributed by atoms with Gasteiger partial charge in [-0.2, -0.15) is 0 Å². The van der Waals surface area contributed by atoms with E-state index in [1.807, 2.05) is 28.9 Å². The number of aromatic nitrogens is 3. The summed E-state index contributed by atoms with van der Waals surface area (Å²) in [4.78, 5) is 21.4. The van der Waals surface area contributed by atoms with Crippen LogP contribution >= 0.6 is 11.3 Å². The Morgan fingerprint density at radius 2 is 2.39 bits per heavy atom. The van der Waals surface area contributed by atoms with Crippen LogP contribution in [0.25, 0.3) is 5.65 Å². The van der Waals surface area contributed by atoms with Crippen molar-refractivity contribution in [3.63, 3.8) is 0 Å². The van der Waals surface area contributed by atoms with Gasteiger partial charge in [0.15, 0.2) is 0 Å². The van der Waals surface area contributed by atoms with Crippen molar-refractivity contribution in [3.8, 4) is 0 Å². The van der Waals surface area contributed by atoms with E-state index in [-0.39, 0.29) is 0 Å². The summed E-state index contributed by atoms with van der Waals surface area (Å²) in [6.07, 6.45) is 7.29. The number of thiazole rings is 1. The molecule has 1 unspecified atom stereocenters. The lowest BCUT2D eigenvalue weighted by molar-refractivity contribution is 0.100. The van der Waals surface area contributed by atoms with Crippen molar-refractivity contribution in [2.75, 3.05) is 13.1 Å². The van der Waals surface area contributed by atoms with Crippen molar-refractivity contribution < 1.29 is 4.79 Å². The Balaban J connectivity index is 1.67. The number of hydrogen-bond acceptors (Lipinski definition) is 5. The second kappa shape index (κ2) is 5.75. The number of pyridine rings is 1. The molecule has 1 amide bonds. The highest BCUT2D eigenvalue weighted by Gasteiger charge is 2.24. The van der Waals surface area contributed by atoms with Gasteiger partial charge >= 0.3 is 0 Å². The fourth-order valence-electron chi connectivity index (χ4n) is 2.98. The first kappa shape index (κ1) is 14.3. The smallest absolute Gasteiger partial charge is 0.260 e. The van der Waals surface area contributed by atoms with E-state index >= 15 is 0 Å². The monoisotopic (exact) mass is 327 g/mol. The zero-order chi connectivity index (χ0) is 15.8. The molecule has 0 bridgehead atoms. The number of primary amides is 1. The minimum Gasteiger partial charge on any atom is -0.365 e. The lowest BCUT2D eigenvalue weighted by Crippen LogP contribution is -2.11. The fourth-order valence-corrected chi connectivity index (χ4v) is 4.05. The molecular weight excluding hydrogens is 310 g/mol. The second-order valence-corrected chi connectivity index (χ2v) is 6.82. The van der Waals surface area contributed by atoms with Crippen LogP contribution in [0.15, 0.2) is 30.7 Å². The number of carbonyl (C=O) groups excluding carboxylic acids is 1. The first-order chi connectivity index (χ1) is 11.2. The van der Waals surface area contributed by atoms with Gasteiger partial charge < -0.3 is 15.5 Å². The van der Waals surface area contributed by atoms with Crippen molar-refractivity contribution in [3.05, 3.63) is 51.9 Å². The van der Waals surface area contributed by atoms with Crippen LogP contribution in [-0.2, 0) is 6.42 Å². The lowest BCUT2D eigenvalue weighted by Gasteiger charge is -2.03. The van der Waals surface area contributed by atoms with Gasteiger partial charge in [0.25, 0.3) is 5.91 Å². The maximum Gasteiger partial charge on any atom is 0.260 e. The number of nitrogens with two attached hydrogens (primary N) is 1. The molecule has 7 heteroatoms. The van der Waals surface area contributed by atoms with E-state index in [1.165, 1.54) is 11.3 Å². The Morgan fingerprint density at radius 3 is 3.17 bits per heavy atom. The Hall–Kier alpha value is -2.25. The van der Waals surface area contributed by atoms with Gasteiger partial charge in [0, 0.05) is 37.5 Å². The Morgan fingerprint density at radius 1 is 1.48 bits per heavy atom. The maximum atomic E-state index is 11.8. The number of fused-ring (bicyclic) bond motifs is 1. The highest BCUT2D eigenvalue weighted by molar-refractivity contribution is 7.13. The molecule has 0 radical (unpaired) electrons. The van der Waals surface area contributed by atoms with E-state index in [0.29, 0.717) is 17.2 Å². The van der Waals surface area contributed by atoms with Gasteiger partial charge in [-0.1, -0.05) is 0 Å². The van der Waals surface area contributed by atoms with Crippen LogP contribution in [0.3, 0.4) is 0 Å². The third-order valence-corrected chi connectivity index (χ3v) is 5.46. The number of carbonyl (C=O) groups is 1. The molecule has 4 heterocycles. The number of amides is 1. The molecule has 118 valence electrons. The first-order valence-corrected chi connectivity index (χ1v) is 8.44. The molecule has 3 N–H and O–H groups in total. The maximum absolute atomic E-state index is 11.8. The molecule has 1 saturated heterocycles. The van der Waals surface area contributed by atoms with Crippen LogP contribution in [0, 0.1) is 0 Å². The number of imidazole rings is 1. The molecular formula is C16H17N5OS. The van der Waals surface area contributed by atoms with Gasteiger partial charge in [-0.15, -0.1) is 11.3 Å². The standard InChI is InChI=1S/C16H17N5OS/c17-15(22)14-12(20-16(23-14)11-1-3-18-9-11)7-10-2-5-21-6-4-19-13(21)8-10/h2,4-6,8,11,18H,1,3,7,9H2,(H2,17,22). The first-order valence-electron chi connectivity index (χ1n) is 7.62. The van der Waals surface area contributed by atoms with Crippen LogP contribution in [0.5, 0.6) is 0 Å². The molecule has 0 spiro atoms. The zero-order valence-electron chi connectivity index (χ0n) is 12.5. The highest BCUT2D eigenvalue weighted by atomic mass is 32.1. The molecule has 0 saturated carbocycles. The van der Waals surface area contributed by atoms with Crippen LogP contribution in [0.4, 0.5) is 0 Å². The molecule has 1 aliphatic rings. The Kier molecular flexibility index (Phi) is 3.59. The van der Waals surface area contributed by atoms with E-state index in [4.69, 9.17) is 10.7 Å². The summed E-state index contributed by atoms with van der Waals surface area (Å²) in [5.74, 6) is -0.00165. The van der Waals surface area contributed by atoms with Gasteiger partial charge in [0.1, 0.15) is 10.5 Å². The molecule has 4 rings (SSSR count). The summed E-state index contributed by atoms with van der Waals surface area (Å²) in [5.41, 5.74) is 8.30. The van der Waals surface area contributed by atoms with Crippen molar-refractivity contribution in [1.82, 2.24) is 19.7 Å². The van der Waals surface area contributed by atoms with Crippen LogP contribution in [0.2, 0.25) is 0 Å².